The average molecular weight is 407 g/mol. The highest BCUT2D eigenvalue weighted by Crippen LogP contribution is 2.36. The van der Waals surface area contributed by atoms with Crippen molar-refractivity contribution in [1.29, 1.82) is 0 Å². The van der Waals surface area contributed by atoms with Gasteiger partial charge in [-0.15, -0.1) is 0 Å². The third kappa shape index (κ3) is 5.54. The molecule has 0 spiro atoms. The fourth-order valence-electron chi connectivity index (χ4n) is 4.76. The minimum Gasteiger partial charge on any atom is -0.469 e. The third-order valence-corrected chi connectivity index (χ3v) is 6.18. The van der Waals surface area contributed by atoms with Gasteiger partial charge in [0.25, 0.3) is 0 Å². The first-order valence-corrected chi connectivity index (χ1v) is 11.2. The summed E-state index contributed by atoms with van der Waals surface area (Å²) < 4.78 is 5.44. The molecule has 2 unspecified atom stereocenters. The maximum absolute atomic E-state index is 5.44. The van der Waals surface area contributed by atoms with Gasteiger partial charge < -0.3 is 15.1 Å². The van der Waals surface area contributed by atoms with Gasteiger partial charge in [-0.05, 0) is 50.3 Å². The Labute approximate surface area is 180 Å². The predicted octanol–water partition coefficient (Wildman–Crippen LogP) is 4.13. The van der Waals surface area contributed by atoms with Gasteiger partial charge in [0.05, 0.1) is 12.8 Å². The number of aliphatic imine (C=N–C) groups is 1. The molecule has 2 atom stereocenters. The van der Waals surface area contributed by atoms with Crippen LogP contribution in [0.2, 0.25) is 0 Å². The normalized spacial score (nSPS) is 24.0. The zero-order valence-corrected chi connectivity index (χ0v) is 18.0. The van der Waals surface area contributed by atoms with E-state index in [2.05, 4.69) is 52.4 Å². The summed E-state index contributed by atoms with van der Waals surface area (Å²) in [5.74, 6) is 1.89. The van der Waals surface area contributed by atoms with Crippen molar-refractivity contribution in [1.82, 2.24) is 15.5 Å². The van der Waals surface area contributed by atoms with Crippen molar-refractivity contribution in [2.75, 3.05) is 13.1 Å². The first-order valence-electron chi connectivity index (χ1n) is 11.2. The number of hydrogen-bond acceptors (Lipinski definition) is 3. The molecule has 0 amide bonds. The summed E-state index contributed by atoms with van der Waals surface area (Å²) in [4.78, 5) is 7.47. The molecule has 4 rings (SSSR count). The van der Waals surface area contributed by atoms with Crippen LogP contribution >= 0.6 is 0 Å². The van der Waals surface area contributed by atoms with Crippen LogP contribution in [-0.4, -0.2) is 42.1 Å². The number of nitrogens with one attached hydrogen (secondary N) is 2. The van der Waals surface area contributed by atoms with Gasteiger partial charge >= 0.3 is 0 Å². The molecule has 0 aliphatic carbocycles. The third-order valence-electron chi connectivity index (χ3n) is 6.18. The van der Waals surface area contributed by atoms with E-state index in [9.17, 15) is 0 Å². The lowest BCUT2D eigenvalue weighted by Gasteiger charge is -2.39. The molecule has 5 heteroatoms. The molecule has 2 aliphatic heterocycles. The number of benzene rings is 1. The van der Waals surface area contributed by atoms with Gasteiger partial charge in [-0.3, -0.25) is 4.90 Å². The van der Waals surface area contributed by atoms with Crippen molar-refractivity contribution in [2.24, 2.45) is 4.99 Å². The maximum Gasteiger partial charge on any atom is 0.191 e. The monoisotopic (exact) mass is 406 g/mol. The molecular formula is C25H34N4O. The Morgan fingerprint density at radius 2 is 1.90 bits per heavy atom. The second-order valence-corrected chi connectivity index (χ2v) is 8.73. The minimum absolute atomic E-state index is 0.467. The Hall–Kier alpha value is -2.53. The second-order valence-electron chi connectivity index (χ2n) is 8.73. The van der Waals surface area contributed by atoms with E-state index in [1.807, 2.05) is 19.1 Å². The van der Waals surface area contributed by atoms with Crippen LogP contribution in [0.15, 0.2) is 70.3 Å². The van der Waals surface area contributed by atoms with Crippen LogP contribution in [0, 0.1) is 0 Å². The summed E-state index contributed by atoms with van der Waals surface area (Å²) in [6.45, 7) is 8.53. The minimum atomic E-state index is 0.467. The quantitative estimate of drug-likeness (QED) is 0.393. The summed E-state index contributed by atoms with van der Waals surface area (Å²) in [5.41, 5.74) is 2.49. The van der Waals surface area contributed by atoms with E-state index in [0.717, 1.165) is 36.8 Å². The first-order chi connectivity index (χ1) is 14.7. The van der Waals surface area contributed by atoms with Crippen LogP contribution in [0.1, 0.15) is 43.9 Å². The standard InChI is InChI=1S/C25H34N4O/c1-19(2)17-27-25(26-13-12-24-9-6-14-30-24)28-21-15-22-10-11-23(16-21)29(22)18-20-7-4-3-5-8-20/h3-9,14,21-23H,1,10-13,15-18H2,2H3,(H2,26,27,28). The number of rotatable bonds is 8. The Morgan fingerprint density at radius 1 is 1.13 bits per heavy atom. The largest absolute Gasteiger partial charge is 0.469 e. The molecule has 2 N–H and O–H groups in total. The van der Waals surface area contributed by atoms with Gasteiger partial charge in [-0.2, -0.15) is 0 Å². The molecule has 5 nitrogen and oxygen atoms in total. The lowest BCUT2D eigenvalue weighted by atomic mass is 9.96. The summed E-state index contributed by atoms with van der Waals surface area (Å²) in [7, 11) is 0. The molecule has 30 heavy (non-hydrogen) atoms. The first kappa shape index (κ1) is 20.7. The Kier molecular flexibility index (Phi) is 6.90. The van der Waals surface area contributed by atoms with E-state index in [4.69, 9.17) is 9.41 Å². The molecule has 0 radical (unpaired) electrons. The highest BCUT2D eigenvalue weighted by atomic mass is 16.3. The molecule has 2 aromatic rings. The van der Waals surface area contributed by atoms with E-state index in [1.165, 1.54) is 31.2 Å². The van der Waals surface area contributed by atoms with E-state index in [1.54, 1.807) is 6.26 Å². The van der Waals surface area contributed by atoms with Gasteiger partial charge in [-0.25, -0.2) is 4.99 Å². The van der Waals surface area contributed by atoms with Crippen molar-refractivity contribution < 1.29 is 4.42 Å². The number of nitrogens with zero attached hydrogens (tertiary/aromatic N) is 2. The SMILES string of the molecule is C=C(C)CN=C(NCCc1ccco1)NC1CC2CCC(C1)N2Cc1ccccc1. The number of piperidine rings is 1. The number of furan rings is 1. The molecule has 0 saturated carbocycles. The molecule has 1 aromatic carbocycles. The molecule has 2 aliphatic rings. The molecule has 1 aromatic heterocycles. The van der Waals surface area contributed by atoms with Crippen molar-refractivity contribution in [2.45, 2.75) is 63.7 Å². The van der Waals surface area contributed by atoms with Crippen molar-refractivity contribution in [3.05, 3.63) is 72.2 Å². The summed E-state index contributed by atoms with van der Waals surface area (Å²) in [6.07, 6.45) is 7.54. The van der Waals surface area contributed by atoms with Gasteiger partial charge in [0.15, 0.2) is 5.96 Å². The molecule has 2 fully saturated rings. The highest BCUT2D eigenvalue weighted by Gasteiger charge is 2.40. The summed E-state index contributed by atoms with van der Waals surface area (Å²) in [5, 5.41) is 7.20. The van der Waals surface area contributed by atoms with E-state index < -0.39 is 0 Å². The second kappa shape index (κ2) is 9.98. The number of fused-ring (bicyclic) bond motifs is 2. The Balaban J connectivity index is 1.33. The van der Waals surface area contributed by atoms with E-state index >= 15 is 0 Å². The van der Waals surface area contributed by atoms with Crippen molar-refractivity contribution >= 4 is 5.96 Å². The van der Waals surface area contributed by atoms with Crippen LogP contribution in [0.5, 0.6) is 0 Å². The van der Waals surface area contributed by atoms with Gasteiger partial charge in [-0.1, -0.05) is 42.5 Å². The van der Waals surface area contributed by atoms with Crippen LogP contribution < -0.4 is 10.6 Å². The smallest absolute Gasteiger partial charge is 0.191 e. The topological polar surface area (TPSA) is 52.8 Å². The molecule has 2 saturated heterocycles. The average Bonchev–Trinajstić information content (AvgIpc) is 3.33. The lowest BCUT2D eigenvalue weighted by Crippen LogP contribution is -2.52. The fraction of sp³-hybridized carbons (Fsp3) is 0.480. The predicted molar refractivity (Wildman–Crippen MR) is 122 cm³/mol. The van der Waals surface area contributed by atoms with Crippen LogP contribution in [0.3, 0.4) is 0 Å². The van der Waals surface area contributed by atoms with E-state index in [0.29, 0.717) is 24.7 Å². The van der Waals surface area contributed by atoms with Crippen molar-refractivity contribution in [3.63, 3.8) is 0 Å². The molecular weight excluding hydrogens is 372 g/mol. The van der Waals surface area contributed by atoms with E-state index in [-0.39, 0.29) is 0 Å². The van der Waals surface area contributed by atoms with Gasteiger partial charge in [0.2, 0.25) is 0 Å². The summed E-state index contributed by atoms with van der Waals surface area (Å²) in [6, 6.07) is 16.6. The highest BCUT2D eigenvalue weighted by molar-refractivity contribution is 5.80. The Bertz CT molecular complexity index is 816. The number of guanidine groups is 1. The fourth-order valence-corrected chi connectivity index (χ4v) is 4.76. The van der Waals surface area contributed by atoms with Crippen molar-refractivity contribution in [3.8, 4) is 0 Å². The summed E-state index contributed by atoms with van der Waals surface area (Å²) >= 11 is 0. The van der Waals surface area contributed by atoms with Gasteiger partial charge in [0.1, 0.15) is 5.76 Å². The molecule has 2 bridgehead atoms. The van der Waals surface area contributed by atoms with Gasteiger partial charge in [0, 0.05) is 37.6 Å². The zero-order chi connectivity index (χ0) is 20.8. The van der Waals surface area contributed by atoms with Crippen LogP contribution in [0.25, 0.3) is 0 Å². The van der Waals surface area contributed by atoms with Crippen LogP contribution in [0.4, 0.5) is 0 Å². The number of hydrogen-bond donors (Lipinski definition) is 2. The lowest BCUT2D eigenvalue weighted by molar-refractivity contribution is 0.114. The maximum atomic E-state index is 5.44. The molecule has 3 heterocycles. The Morgan fingerprint density at radius 3 is 2.57 bits per heavy atom. The zero-order valence-electron chi connectivity index (χ0n) is 18.0. The van der Waals surface area contributed by atoms with Crippen LogP contribution in [-0.2, 0) is 13.0 Å². The molecule has 160 valence electrons.